The zero-order valence-corrected chi connectivity index (χ0v) is 9.53. The summed E-state index contributed by atoms with van der Waals surface area (Å²) in [6.07, 6.45) is 1.61. The first-order valence-electron chi connectivity index (χ1n) is 5.51. The molecule has 0 radical (unpaired) electrons. The fourth-order valence-corrected chi connectivity index (χ4v) is 1.98. The normalized spacial score (nSPS) is 24.6. The Morgan fingerprint density at radius 3 is 3.12 bits per heavy atom. The van der Waals surface area contributed by atoms with Crippen LogP contribution in [0, 0.1) is 12.8 Å². The number of esters is 1. The van der Waals surface area contributed by atoms with E-state index in [9.17, 15) is 4.79 Å². The quantitative estimate of drug-likeness (QED) is 0.771. The zero-order chi connectivity index (χ0) is 11.5. The number of hydrogen-bond donors (Lipinski definition) is 1. The Morgan fingerprint density at radius 1 is 1.69 bits per heavy atom. The van der Waals surface area contributed by atoms with Crippen molar-refractivity contribution in [3.8, 4) is 0 Å². The Labute approximate surface area is 94.2 Å². The largest absolute Gasteiger partial charge is 0.466 e. The predicted molar refractivity (Wildman–Crippen MR) is 57.0 cm³/mol. The molecule has 1 N–H and O–H groups in total. The molecule has 2 rings (SSSR count). The van der Waals surface area contributed by atoms with Crippen molar-refractivity contribution in [3.63, 3.8) is 0 Å². The van der Waals surface area contributed by atoms with E-state index in [1.807, 2.05) is 13.8 Å². The Kier molecular flexibility index (Phi) is 3.24. The van der Waals surface area contributed by atoms with Gasteiger partial charge in [-0.3, -0.25) is 4.79 Å². The van der Waals surface area contributed by atoms with Crippen LogP contribution in [-0.2, 0) is 9.53 Å². The summed E-state index contributed by atoms with van der Waals surface area (Å²) in [7, 11) is 0. The number of hydrogen-bond acceptors (Lipinski definition) is 5. The van der Waals surface area contributed by atoms with E-state index in [0.717, 1.165) is 5.69 Å². The number of rotatable bonds is 3. The average Bonchev–Trinajstić information content (AvgIpc) is 2.85. The second-order valence-electron chi connectivity index (χ2n) is 3.95. The molecule has 0 spiro atoms. The minimum absolute atomic E-state index is 0.00671. The first-order chi connectivity index (χ1) is 7.72. The van der Waals surface area contributed by atoms with Gasteiger partial charge in [-0.05, 0) is 13.8 Å². The van der Waals surface area contributed by atoms with Crippen LogP contribution in [0.3, 0.4) is 0 Å². The van der Waals surface area contributed by atoms with Gasteiger partial charge in [-0.1, -0.05) is 0 Å². The maximum atomic E-state index is 11.7. The van der Waals surface area contributed by atoms with Crippen LogP contribution in [0.25, 0.3) is 0 Å². The topological polar surface area (TPSA) is 64.4 Å². The van der Waals surface area contributed by atoms with E-state index >= 15 is 0 Å². The van der Waals surface area contributed by atoms with Gasteiger partial charge >= 0.3 is 5.97 Å². The van der Waals surface area contributed by atoms with Crippen molar-refractivity contribution in [2.75, 3.05) is 19.7 Å². The molecule has 0 bridgehead atoms. The molecular formula is C11H16N2O3. The minimum atomic E-state index is -0.182. The van der Waals surface area contributed by atoms with Gasteiger partial charge in [0, 0.05) is 13.1 Å². The summed E-state index contributed by atoms with van der Waals surface area (Å²) in [6, 6.07) is 0. The SMILES string of the molecule is CCOC(=O)[C@H]1CNC[C@@H]1c1nc(C)co1. The van der Waals surface area contributed by atoms with Crippen LogP contribution in [0.1, 0.15) is 24.4 Å². The molecule has 0 amide bonds. The number of carbonyl (C=O) groups excluding carboxylic acids is 1. The Morgan fingerprint density at radius 2 is 2.50 bits per heavy atom. The third-order valence-electron chi connectivity index (χ3n) is 2.76. The maximum Gasteiger partial charge on any atom is 0.311 e. The molecule has 2 heterocycles. The summed E-state index contributed by atoms with van der Waals surface area (Å²) in [5, 5.41) is 3.17. The van der Waals surface area contributed by atoms with E-state index in [2.05, 4.69) is 10.3 Å². The van der Waals surface area contributed by atoms with Gasteiger partial charge in [-0.2, -0.15) is 0 Å². The highest BCUT2D eigenvalue weighted by Gasteiger charge is 2.37. The fourth-order valence-electron chi connectivity index (χ4n) is 1.98. The molecule has 1 aromatic rings. The number of oxazole rings is 1. The van der Waals surface area contributed by atoms with Crippen LogP contribution >= 0.6 is 0 Å². The molecule has 1 fully saturated rings. The summed E-state index contributed by atoms with van der Waals surface area (Å²) in [5.74, 6) is 0.264. The molecule has 0 unspecified atom stereocenters. The fraction of sp³-hybridized carbons (Fsp3) is 0.636. The lowest BCUT2D eigenvalue weighted by Crippen LogP contribution is -2.24. The average molecular weight is 224 g/mol. The van der Waals surface area contributed by atoms with Crippen molar-refractivity contribution in [1.29, 1.82) is 0 Å². The summed E-state index contributed by atoms with van der Waals surface area (Å²) < 4.78 is 10.4. The molecule has 1 aliphatic heterocycles. The van der Waals surface area contributed by atoms with Gasteiger partial charge in [-0.25, -0.2) is 4.98 Å². The lowest BCUT2D eigenvalue weighted by Gasteiger charge is -2.13. The van der Waals surface area contributed by atoms with Gasteiger partial charge in [0.2, 0.25) is 0 Å². The molecule has 0 saturated carbocycles. The number of carbonyl (C=O) groups is 1. The Balaban J connectivity index is 2.11. The molecule has 5 nitrogen and oxygen atoms in total. The minimum Gasteiger partial charge on any atom is -0.466 e. The second-order valence-corrected chi connectivity index (χ2v) is 3.95. The number of ether oxygens (including phenoxy) is 1. The van der Waals surface area contributed by atoms with E-state index in [-0.39, 0.29) is 17.8 Å². The smallest absolute Gasteiger partial charge is 0.311 e. The van der Waals surface area contributed by atoms with Crippen molar-refractivity contribution in [2.24, 2.45) is 5.92 Å². The zero-order valence-electron chi connectivity index (χ0n) is 9.53. The third-order valence-corrected chi connectivity index (χ3v) is 2.76. The molecule has 2 atom stereocenters. The second kappa shape index (κ2) is 4.65. The highest BCUT2D eigenvalue weighted by Crippen LogP contribution is 2.28. The number of nitrogens with one attached hydrogen (secondary N) is 1. The van der Waals surface area contributed by atoms with E-state index in [1.54, 1.807) is 6.26 Å². The van der Waals surface area contributed by atoms with Crippen molar-refractivity contribution < 1.29 is 13.9 Å². The first-order valence-corrected chi connectivity index (χ1v) is 5.51. The van der Waals surface area contributed by atoms with Crippen LogP contribution in [-0.4, -0.2) is 30.6 Å². The molecule has 16 heavy (non-hydrogen) atoms. The van der Waals surface area contributed by atoms with E-state index in [0.29, 0.717) is 25.6 Å². The molecular weight excluding hydrogens is 208 g/mol. The predicted octanol–water partition coefficient (Wildman–Crippen LogP) is 0.849. The Bertz CT molecular complexity index is 375. The van der Waals surface area contributed by atoms with Crippen LogP contribution < -0.4 is 5.32 Å². The lowest BCUT2D eigenvalue weighted by atomic mass is 9.96. The molecule has 88 valence electrons. The number of aromatic nitrogens is 1. The monoisotopic (exact) mass is 224 g/mol. The van der Waals surface area contributed by atoms with Gasteiger partial charge in [0.15, 0.2) is 5.89 Å². The number of aryl methyl sites for hydroxylation is 1. The molecule has 0 aliphatic carbocycles. The van der Waals surface area contributed by atoms with Crippen molar-refractivity contribution in [1.82, 2.24) is 10.3 Å². The summed E-state index contributed by atoms with van der Waals surface area (Å²) in [5.41, 5.74) is 0.838. The van der Waals surface area contributed by atoms with E-state index in [1.165, 1.54) is 0 Å². The maximum absolute atomic E-state index is 11.7. The number of nitrogens with zero attached hydrogens (tertiary/aromatic N) is 1. The van der Waals surface area contributed by atoms with Gasteiger partial charge in [0.25, 0.3) is 0 Å². The highest BCUT2D eigenvalue weighted by molar-refractivity contribution is 5.74. The molecule has 1 saturated heterocycles. The molecule has 1 aliphatic rings. The molecule has 5 heteroatoms. The lowest BCUT2D eigenvalue weighted by molar-refractivity contribution is -0.147. The van der Waals surface area contributed by atoms with Gasteiger partial charge in [0.1, 0.15) is 6.26 Å². The van der Waals surface area contributed by atoms with Crippen LogP contribution in [0.4, 0.5) is 0 Å². The first kappa shape index (κ1) is 11.1. The van der Waals surface area contributed by atoms with Crippen LogP contribution in [0.2, 0.25) is 0 Å². The summed E-state index contributed by atoms with van der Waals surface area (Å²) in [6.45, 7) is 5.43. The molecule has 1 aromatic heterocycles. The van der Waals surface area contributed by atoms with Gasteiger partial charge < -0.3 is 14.5 Å². The summed E-state index contributed by atoms with van der Waals surface area (Å²) in [4.78, 5) is 16.0. The summed E-state index contributed by atoms with van der Waals surface area (Å²) >= 11 is 0. The third kappa shape index (κ3) is 2.09. The van der Waals surface area contributed by atoms with Crippen LogP contribution in [0.5, 0.6) is 0 Å². The van der Waals surface area contributed by atoms with Crippen LogP contribution in [0.15, 0.2) is 10.7 Å². The molecule has 0 aromatic carbocycles. The van der Waals surface area contributed by atoms with Gasteiger partial charge in [-0.15, -0.1) is 0 Å². The van der Waals surface area contributed by atoms with Crippen molar-refractivity contribution >= 4 is 5.97 Å². The van der Waals surface area contributed by atoms with Gasteiger partial charge in [0.05, 0.1) is 24.1 Å². The van der Waals surface area contributed by atoms with E-state index < -0.39 is 0 Å². The standard InChI is InChI=1S/C11H16N2O3/c1-3-15-11(14)9-5-12-4-8(9)10-13-7(2)6-16-10/h6,8-9,12H,3-5H2,1-2H3/t8-,9-/m0/s1. The van der Waals surface area contributed by atoms with E-state index in [4.69, 9.17) is 9.15 Å². The van der Waals surface area contributed by atoms with Crippen molar-refractivity contribution in [3.05, 3.63) is 17.8 Å². The highest BCUT2D eigenvalue weighted by atomic mass is 16.5. The van der Waals surface area contributed by atoms with Crippen molar-refractivity contribution in [2.45, 2.75) is 19.8 Å². The Hall–Kier alpha value is -1.36.